The highest BCUT2D eigenvalue weighted by molar-refractivity contribution is 7.11. The van der Waals surface area contributed by atoms with Gasteiger partial charge in [0.15, 0.2) is 17.3 Å². The fourth-order valence-corrected chi connectivity index (χ4v) is 5.22. The van der Waals surface area contributed by atoms with Gasteiger partial charge in [0.2, 0.25) is 0 Å². The maximum atomic E-state index is 13.6. The molecule has 1 aromatic heterocycles. The monoisotopic (exact) mass is 489 g/mol. The van der Waals surface area contributed by atoms with E-state index < -0.39 is 0 Å². The molecule has 3 heterocycles. The molecule has 0 atom stereocenters. The third-order valence-corrected chi connectivity index (χ3v) is 7.33. The van der Waals surface area contributed by atoms with Crippen LogP contribution in [0.1, 0.15) is 33.6 Å². The third-order valence-electron chi connectivity index (χ3n) is 6.42. The summed E-state index contributed by atoms with van der Waals surface area (Å²) in [7, 11) is 1.63. The second kappa shape index (κ2) is 10.4. The number of thiophene rings is 1. The number of methoxy groups -OCH3 is 1. The Morgan fingerprint density at radius 3 is 2.43 bits per heavy atom. The number of amides is 1. The van der Waals surface area contributed by atoms with Crippen LogP contribution in [-0.2, 0) is 4.79 Å². The Morgan fingerprint density at radius 1 is 1.00 bits per heavy atom. The summed E-state index contributed by atoms with van der Waals surface area (Å²) in [6.45, 7) is 2.10. The minimum absolute atomic E-state index is 0.00602. The minimum Gasteiger partial charge on any atom is -0.497 e. The van der Waals surface area contributed by atoms with E-state index in [1.165, 1.54) is 0 Å². The van der Waals surface area contributed by atoms with Crippen molar-refractivity contribution in [3.05, 3.63) is 76.0 Å². The van der Waals surface area contributed by atoms with Crippen molar-refractivity contribution in [2.45, 2.75) is 12.8 Å². The molecule has 0 saturated carbocycles. The molecule has 1 amide bonds. The lowest BCUT2D eigenvalue weighted by Gasteiger charge is -2.32. The first kappa shape index (κ1) is 23.2. The number of nitrogens with zero attached hydrogens (tertiary/aromatic N) is 1. The summed E-state index contributed by atoms with van der Waals surface area (Å²) in [6.07, 6.45) is 3.21. The van der Waals surface area contributed by atoms with Crippen LogP contribution in [0, 0.1) is 5.92 Å². The molecule has 2 aliphatic rings. The summed E-state index contributed by atoms with van der Waals surface area (Å²) < 4.78 is 16.4. The number of fused-ring (bicyclic) bond motifs is 1. The van der Waals surface area contributed by atoms with Gasteiger partial charge in [-0.2, -0.15) is 0 Å². The number of Topliss-reactive ketones (excluding diaryl/α,β-unsaturated/α-hetero) is 1. The van der Waals surface area contributed by atoms with Crippen molar-refractivity contribution in [1.82, 2.24) is 4.90 Å². The summed E-state index contributed by atoms with van der Waals surface area (Å²) in [5.74, 6) is 2.06. The van der Waals surface area contributed by atoms with E-state index in [0.717, 1.165) is 16.2 Å². The number of carbonyl (C=O) groups excluding carboxylic acids is 2. The SMILES string of the molecule is COc1ccc(C=C(C(=O)N2CCC(C(=O)c3ccc4c(c3)OCCO4)CC2)c2cccs2)cc1. The van der Waals surface area contributed by atoms with Crippen molar-refractivity contribution in [3.8, 4) is 17.2 Å². The van der Waals surface area contributed by atoms with E-state index in [0.29, 0.717) is 61.8 Å². The molecule has 180 valence electrons. The molecule has 7 heteroatoms. The van der Waals surface area contributed by atoms with Gasteiger partial charge in [-0.1, -0.05) is 18.2 Å². The van der Waals surface area contributed by atoms with E-state index in [1.807, 2.05) is 52.8 Å². The van der Waals surface area contributed by atoms with Gasteiger partial charge in [-0.15, -0.1) is 11.3 Å². The third kappa shape index (κ3) is 5.10. The lowest BCUT2D eigenvalue weighted by Crippen LogP contribution is -2.40. The van der Waals surface area contributed by atoms with Crippen LogP contribution in [0.4, 0.5) is 0 Å². The molecule has 2 aromatic carbocycles. The second-order valence-electron chi connectivity index (χ2n) is 8.60. The van der Waals surface area contributed by atoms with Gasteiger partial charge >= 0.3 is 0 Å². The van der Waals surface area contributed by atoms with E-state index >= 15 is 0 Å². The standard InChI is InChI=1S/C28H27NO5S/c1-32-22-7-4-19(5-8-22)17-23(26-3-2-16-35-26)28(31)29-12-10-20(11-13-29)27(30)21-6-9-24-25(18-21)34-15-14-33-24/h2-9,16-18,20H,10-15H2,1H3. The largest absolute Gasteiger partial charge is 0.497 e. The molecule has 6 nitrogen and oxygen atoms in total. The summed E-state index contributed by atoms with van der Waals surface area (Å²) in [5.41, 5.74) is 2.24. The maximum absolute atomic E-state index is 13.6. The Morgan fingerprint density at radius 2 is 1.74 bits per heavy atom. The first-order valence-corrected chi connectivity index (χ1v) is 12.6. The lowest BCUT2D eigenvalue weighted by molar-refractivity contribution is -0.126. The van der Waals surface area contributed by atoms with Gasteiger partial charge in [0.1, 0.15) is 19.0 Å². The quantitative estimate of drug-likeness (QED) is 0.352. The van der Waals surface area contributed by atoms with Crippen LogP contribution >= 0.6 is 11.3 Å². The Bertz CT molecular complexity index is 1220. The molecule has 5 rings (SSSR count). The summed E-state index contributed by atoms with van der Waals surface area (Å²) in [4.78, 5) is 29.5. The number of benzene rings is 2. The zero-order valence-corrected chi connectivity index (χ0v) is 20.4. The molecule has 0 spiro atoms. The van der Waals surface area contributed by atoms with Crippen molar-refractivity contribution in [1.29, 1.82) is 0 Å². The van der Waals surface area contributed by atoms with E-state index in [-0.39, 0.29) is 17.6 Å². The van der Waals surface area contributed by atoms with Crippen LogP contribution in [0.3, 0.4) is 0 Å². The molecule has 0 N–H and O–H groups in total. The van der Waals surface area contributed by atoms with Gasteiger partial charge in [-0.05, 0) is 66.3 Å². The fourth-order valence-electron chi connectivity index (χ4n) is 4.48. The molecule has 35 heavy (non-hydrogen) atoms. The molecule has 0 radical (unpaired) electrons. The van der Waals surface area contributed by atoms with Crippen LogP contribution in [0.25, 0.3) is 11.6 Å². The second-order valence-corrected chi connectivity index (χ2v) is 9.55. The van der Waals surface area contributed by atoms with Gasteiger partial charge in [0.05, 0.1) is 12.7 Å². The van der Waals surface area contributed by atoms with Gasteiger partial charge in [-0.25, -0.2) is 0 Å². The highest BCUT2D eigenvalue weighted by Gasteiger charge is 2.30. The van der Waals surface area contributed by atoms with Crippen molar-refractivity contribution in [2.75, 3.05) is 33.4 Å². The van der Waals surface area contributed by atoms with Crippen molar-refractivity contribution < 1.29 is 23.8 Å². The van der Waals surface area contributed by atoms with E-state index in [9.17, 15) is 9.59 Å². The topological polar surface area (TPSA) is 65.1 Å². The van der Waals surface area contributed by atoms with Crippen LogP contribution in [0.15, 0.2) is 60.0 Å². The number of rotatable bonds is 6. The smallest absolute Gasteiger partial charge is 0.255 e. The molecule has 1 fully saturated rings. The number of carbonyl (C=O) groups is 2. The molecule has 0 unspecified atom stereocenters. The Hall–Kier alpha value is -3.58. The molecule has 1 saturated heterocycles. The zero-order valence-electron chi connectivity index (χ0n) is 19.6. The average Bonchev–Trinajstić information content (AvgIpc) is 3.46. The minimum atomic E-state index is -0.114. The first-order valence-electron chi connectivity index (χ1n) is 11.7. The van der Waals surface area contributed by atoms with Gasteiger partial charge in [0, 0.05) is 29.4 Å². The van der Waals surface area contributed by atoms with E-state index in [2.05, 4.69) is 0 Å². The van der Waals surface area contributed by atoms with Gasteiger partial charge < -0.3 is 19.1 Å². The number of ketones is 1. The van der Waals surface area contributed by atoms with Crippen LogP contribution in [0.5, 0.6) is 17.2 Å². The van der Waals surface area contributed by atoms with Crippen molar-refractivity contribution in [3.63, 3.8) is 0 Å². The molecule has 0 aliphatic carbocycles. The zero-order chi connectivity index (χ0) is 24.2. The van der Waals surface area contributed by atoms with E-state index in [1.54, 1.807) is 36.6 Å². The average molecular weight is 490 g/mol. The summed E-state index contributed by atoms with van der Waals surface area (Å²) >= 11 is 1.55. The van der Waals surface area contributed by atoms with Gasteiger partial charge in [-0.3, -0.25) is 9.59 Å². The predicted molar refractivity (Wildman–Crippen MR) is 136 cm³/mol. The van der Waals surface area contributed by atoms with Crippen LogP contribution in [0.2, 0.25) is 0 Å². The first-order chi connectivity index (χ1) is 17.1. The molecular weight excluding hydrogens is 462 g/mol. The molecule has 0 bridgehead atoms. The van der Waals surface area contributed by atoms with Crippen molar-refractivity contribution in [2.24, 2.45) is 5.92 Å². The number of likely N-dealkylation sites (tertiary alicyclic amines) is 1. The van der Waals surface area contributed by atoms with Crippen molar-refractivity contribution >= 4 is 34.7 Å². The molecular formula is C28H27NO5S. The molecule has 3 aromatic rings. The number of piperidine rings is 1. The predicted octanol–water partition coefficient (Wildman–Crippen LogP) is 5.19. The molecule has 2 aliphatic heterocycles. The fraction of sp³-hybridized carbons (Fsp3) is 0.286. The normalized spacial score (nSPS) is 16.1. The Labute approximate surface area is 208 Å². The summed E-state index contributed by atoms with van der Waals surface area (Å²) in [6, 6.07) is 17.0. The maximum Gasteiger partial charge on any atom is 0.255 e. The van der Waals surface area contributed by atoms with E-state index in [4.69, 9.17) is 14.2 Å². The Balaban J connectivity index is 1.28. The van der Waals surface area contributed by atoms with Gasteiger partial charge in [0.25, 0.3) is 5.91 Å². The van der Waals surface area contributed by atoms with Crippen LogP contribution in [-0.4, -0.2) is 50.0 Å². The number of hydrogen-bond donors (Lipinski definition) is 0. The summed E-state index contributed by atoms with van der Waals surface area (Å²) in [5, 5.41) is 1.97. The number of ether oxygens (including phenoxy) is 3. The lowest BCUT2D eigenvalue weighted by atomic mass is 9.88. The highest BCUT2D eigenvalue weighted by Crippen LogP contribution is 2.33. The number of hydrogen-bond acceptors (Lipinski definition) is 6. The highest BCUT2D eigenvalue weighted by atomic mass is 32.1. The Kier molecular flexibility index (Phi) is 6.86. The van der Waals surface area contributed by atoms with Crippen LogP contribution < -0.4 is 14.2 Å².